The van der Waals surface area contributed by atoms with Crippen molar-refractivity contribution in [1.29, 1.82) is 0 Å². The zero-order valence-electron chi connectivity index (χ0n) is 15.4. The molecule has 1 fully saturated rings. The third kappa shape index (κ3) is 4.96. The summed E-state index contributed by atoms with van der Waals surface area (Å²) < 4.78 is 31.8. The number of esters is 1. The van der Waals surface area contributed by atoms with Crippen LogP contribution < -0.4 is 4.74 Å². The van der Waals surface area contributed by atoms with Gasteiger partial charge in [-0.1, -0.05) is 36.4 Å². The van der Waals surface area contributed by atoms with Gasteiger partial charge in [0.25, 0.3) is 0 Å². The summed E-state index contributed by atoms with van der Waals surface area (Å²) in [6.45, 7) is 1.08. The molecule has 1 aliphatic rings. The summed E-state index contributed by atoms with van der Waals surface area (Å²) in [6, 6.07) is 16.9. The Labute approximate surface area is 164 Å². The third-order valence-electron chi connectivity index (χ3n) is 4.49. The molecule has 0 N–H and O–H groups in total. The van der Waals surface area contributed by atoms with E-state index in [1.165, 1.54) is 4.31 Å². The molecule has 0 radical (unpaired) electrons. The Morgan fingerprint density at radius 1 is 0.821 bits per heavy atom. The van der Waals surface area contributed by atoms with E-state index in [9.17, 15) is 18.0 Å². The molecule has 1 amide bonds. The fraction of sp³-hybridized carbons (Fsp3) is 0.300. The molecule has 0 unspecified atom stereocenters. The first-order valence-corrected chi connectivity index (χ1v) is 10.5. The zero-order chi connectivity index (χ0) is 20.0. The molecule has 0 aromatic heterocycles. The lowest BCUT2D eigenvalue weighted by Crippen LogP contribution is -2.50. The van der Waals surface area contributed by atoms with Gasteiger partial charge in [-0.25, -0.2) is 8.42 Å². The van der Waals surface area contributed by atoms with Crippen molar-refractivity contribution in [1.82, 2.24) is 9.21 Å². The van der Waals surface area contributed by atoms with Gasteiger partial charge in [-0.3, -0.25) is 9.59 Å². The maximum absolute atomic E-state index is 12.6. The van der Waals surface area contributed by atoms with Gasteiger partial charge in [-0.15, -0.1) is 0 Å². The number of sulfonamides is 1. The SMILES string of the molecule is O=C(CCC(=O)N1CCN(S(=O)(=O)c2ccccc2)CC1)Oc1ccccc1. The number of rotatable bonds is 6. The molecule has 148 valence electrons. The Morgan fingerprint density at radius 2 is 1.39 bits per heavy atom. The fourth-order valence-corrected chi connectivity index (χ4v) is 4.40. The summed E-state index contributed by atoms with van der Waals surface area (Å²) in [5.74, 6) is -0.203. The minimum atomic E-state index is -3.55. The summed E-state index contributed by atoms with van der Waals surface area (Å²) in [5.41, 5.74) is 0. The van der Waals surface area contributed by atoms with Gasteiger partial charge in [0.2, 0.25) is 15.9 Å². The molecule has 7 nitrogen and oxygen atoms in total. The normalized spacial score (nSPS) is 15.2. The molecule has 8 heteroatoms. The van der Waals surface area contributed by atoms with Crippen molar-refractivity contribution in [2.75, 3.05) is 26.2 Å². The molecule has 1 heterocycles. The Hall–Kier alpha value is -2.71. The highest BCUT2D eigenvalue weighted by atomic mass is 32.2. The predicted molar refractivity (Wildman–Crippen MR) is 103 cm³/mol. The first kappa shape index (κ1) is 20.0. The van der Waals surface area contributed by atoms with Crippen LogP contribution >= 0.6 is 0 Å². The van der Waals surface area contributed by atoms with Gasteiger partial charge in [0.05, 0.1) is 11.3 Å². The van der Waals surface area contributed by atoms with Crippen LogP contribution in [0, 0.1) is 0 Å². The van der Waals surface area contributed by atoms with Gasteiger partial charge in [0.1, 0.15) is 5.75 Å². The smallest absolute Gasteiger partial charge is 0.311 e. The molecular formula is C20H22N2O5S. The number of piperazine rings is 1. The van der Waals surface area contributed by atoms with Crippen LogP contribution in [-0.4, -0.2) is 55.7 Å². The van der Waals surface area contributed by atoms with E-state index >= 15 is 0 Å². The Bertz CT molecular complexity index is 908. The number of hydrogen-bond acceptors (Lipinski definition) is 5. The minimum Gasteiger partial charge on any atom is -0.427 e. The lowest BCUT2D eigenvalue weighted by atomic mass is 10.2. The summed E-state index contributed by atoms with van der Waals surface area (Å²) in [4.78, 5) is 26.0. The van der Waals surface area contributed by atoms with Crippen LogP contribution in [0.3, 0.4) is 0 Å². The molecule has 28 heavy (non-hydrogen) atoms. The van der Waals surface area contributed by atoms with E-state index < -0.39 is 16.0 Å². The van der Waals surface area contributed by atoms with Crippen molar-refractivity contribution in [2.24, 2.45) is 0 Å². The van der Waals surface area contributed by atoms with Crippen LogP contribution in [0.2, 0.25) is 0 Å². The standard InChI is InChI=1S/C20H22N2O5S/c23-19(11-12-20(24)27-17-7-3-1-4-8-17)21-13-15-22(16-14-21)28(25,26)18-9-5-2-6-10-18/h1-10H,11-16H2. The number of nitrogens with zero attached hydrogens (tertiary/aromatic N) is 2. The van der Waals surface area contributed by atoms with E-state index in [0.717, 1.165) is 0 Å². The maximum atomic E-state index is 12.6. The largest absolute Gasteiger partial charge is 0.427 e. The van der Waals surface area contributed by atoms with Gasteiger partial charge in [-0.05, 0) is 24.3 Å². The summed E-state index contributed by atoms with van der Waals surface area (Å²) in [7, 11) is -3.55. The summed E-state index contributed by atoms with van der Waals surface area (Å²) in [6.07, 6.45) is 0.0212. The van der Waals surface area contributed by atoms with Crippen LogP contribution in [0.15, 0.2) is 65.6 Å². The third-order valence-corrected chi connectivity index (χ3v) is 6.40. The number of benzene rings is 2. The monoisotopic (exact) mass is 402 g/mol. The Balaban J connectivity index is 1.47. The van der Waals surface area contributed by atoms with Crippen LogP contribution in [-0.2, 0) is 19.6 Å². The molecule has 2 aromatic carbocycles. The zero-order valence-corrected chi connectivity index (χ0v) is 16.2. The molecule has 1 saturated heterocycles. The second-order valence-electron chi connectivity index (χ2n) is 6.39. The number of carbonyl (C=O) groups excluding carboxylic acids is 2. The van der Waals surface area contributed by atoms with E-state index in [1.54, 1.807) is 59.5 Å². The second-order valence-corrected chi connectivity index (χ2v) is 8.32. The predicted octanol–water partition coefficient (Wildman–Crippen LogP) is 1.91. The van der Waals surface area contributed by atoms with Crippen LogP contribution in [0.25, 0.3) is 0 Å². The lowest BCUT2D eigenvalue weighted by Gasteiger charge is -2.34. The molecule has 0 atom stereocenters. The van der Waals surface area contributed by atoms with Crippen molar-refractivity contribution in [3.8, 4) is 5.75 Å². The lowest BCUT2D eigenvalue weighted by molar-refractivity contribution is -0.139. The Kier molecular flexibility index (Phi) is 6.43. The first-order chi connectivity index (χ1) is 13.5. The number of para-hydroxylation sites is 1. The van der Waals surface area contributed by atoms with Gasteiger partial charge >= 0.3 is 5.97 Å². The van der Waals surface area contributed by atoms with Crippen LogP contribution in [0.5, 0.6) is 5.75 Å². The average molecular weight is 402 g/mol. The minimum absolute atomic E-state index is 0.0176. The molecule has 1 aliphatic heterocycles. The summed E-state index contributed by atoms with van der Waals surface area (Å²) >= 11 is 0. The van der Waals surface area contributed by atoms with Crippen molar-refractivity contribution < 1.29 is 22.7 Å². The van der Waals surface area contributed by atoms with Crippen molar-refractivity contribution in [2.45, 2.75) is 17.7 Å². The molecular weight excluding hydrogens is 380 g/mol. The van der Waals surface area contributed by atoms with Crippen LogP contribution in [0.1, 0.15) is 12.8 Å². The highest BCUT2D eigenvalue weighted by Gasteiger charge is 2.30. The summed E-state index contributed by atoms with van der Waals surface area (Å²) in [5, 5.41) is 0. The van der Waals surface area contributed by atoms with Crippen molar-refractivity contribution in [3.63, 3.8) is 0 Å². The molecule has 0 aliphatic carbocycles. The molecule has 2 aromatic rings. The van der Waals surface area contributed by atoms with Crippen LogP contribution in [0.4, 0.5) is 0 Å². The molecule has 0 bridgehead atoms. The number of amides is 1. The van der Waals surface area contributed by atoms with E-state index in [-0.39, 0.29) is 36.7 Å². The van der Waals surface area contributed by atoms with Gasteiger partial charge < -0.3 is 9.64 Å². The fourth-order valence-electron chi connectivity index (χ4n) is 2.96. The van der Waals surface area contributed by atoms with E-state index in [1.807, 2.05) is 6.07 Å². The molecule has 0 spiro atoms. The number of hydrogen-bond donors (Lipinski definition) is 0. The highest BCUT2D eigenvalue weighted by molar-refractivity contribution is 7.89. The van der Waals surface area contributed by atoms with E-state index in [2.05, 4.69) is 0 Å². The molecule has 3 rings (SSSR count). The van der Waals surface area contributed by atoms with Gasteiger partial charge in [0.15, 0.2) is 0 Å². The van der Waals surface area contributed by atoms with Gasteiger partial charge in [-0.2, -0.15) is 4.31 Å². The van der Waals surface area contributed by atoms with Crippen molar-refractivity contribution >= 4 is 21.9 Å². The highest BCUT2D eigenvalue weighted by Crippen LogP contribution is 2.18. The second kappa shape index (κ2) is 8.99. The average Bonchev–Trinajstić information content (AvgIpc) is 2.73. The molecule has 0 saturated carbocycles. The van der Waals surface area contributed by atoms with Gasteiger partial charge in [0, 0.05) is 32.6 Å². The Morgan fingerprint density at radius 3 is 2.00 bits per heavy atom. The number of carbonyl (C=O) groups is 2. The van der Waals surface area contributed by atoms with E-state index in [4.69, 9.17) is 4.74 Å². The van der Waals surface area contributed by atoms with Crippen molar-refractivity contribution in [3.05, 3.63) is 60.7 Å². The first-order valence-electron chi connectivity index (χ1n) is 9.05. The maximum Gasteiger partial charge on any atom is 0.311 e. The number of ether oxygens (including phenoxy) is 1. The van der Waals surface area contributed by atoms with E-state index in [0.29, 0.717) is 18.8 Å². The quantitative estimate of drug-likeness (QED) is 0.544. The topological polar surface area (TPSA) is 84.0 Å².